The van der Waals surface area contributed by atoms with Gasteiger partial charge in [0.25, 0.3) is 10.2 Å². The van der Waals surface area contributed by atoms with Crippen molar-refractivity contribution in [1.29, 1.82) is 0 Å². The molecule has 1 atom stereocenters. The average Bonchev–Trinajstić information content (AvgIpc) is 2.60. The third-order valence-corrected chi connectivity index (χ3v) is 7.50. The molecule has 0 spiro atoms. The van der Waals surface area contributed by atoms with E-state index < -0.39 is 10.2 Å². The maximum atomic E-state index is 13.0. The third kappa shape index (κ3) is 4.22. The van der Waals surface area contributed by atoms with E-state index >= 15 is 0 Å². The van der Waals surface area contributed by atoms with Gasteiger partial charge < -0.3 is 4.90 Å². The van der Waals surface area contributed by atoms with Gasteiger partial charge in [0.15, 0.2) is 0 Å². The van der Waals surface area contributed by atoms with Crippen LogP contribution in [0.4, 0.5) is 0 Å². The van der Waals surface area contributed by atoms with Gasteiger partial charge in [-0.25, -0.2) is 0 Å². The highest BCUT2D eigenvalue weighted by atomic mass is 35.5. The fraction of sp³-hybridized carbons (Fsp3) is 0.611. The first-order valence-corrected chi connectivity index (χ1v) is 10.9. The zero-order valence-electron chi connectivity index (χ0n) is 15.1. The van der Waals surface area contributed by atoms with Crippen molar-refractivity contribution in [1.82, 2.24) is 13.5 Å². The summed E-state index contributed by atoms with van der Waals surface area (Å²) in [4.78, 5) is 14.5. The second-order valence-corrected chi connectivity index (χ2v) is 9.39. The Kier molecular flexibility index (Phi) is 6.22. The second kappa shape index (κ2) is 8.25. The lowest BCUT2D eigenvalue weighted by Crippen LogP contribution is -2.54. The van der Waals surface area contributed by atoms with Crippen molar-refractivity contribution in [3.8, 4) is 0 Å². The Morgan fingerprint density at radius 2 is 1.85 bits per heavy atom. The van der Waals surface area contributed by atoms with E-state index in [1.807, 2.05) is 30.0 Å². The van der Waals surface area contributed by atoms with E-state index in [0.29, 0.717) is 24.5 Å². The summed E-state index contributed by atoms with van der Waals surface area (Å²) in [6.07, 6.45) is 3.80. The number of rotatable bonds is 4. The van der Waals surface area contributed by atoms with Gasteiger partial charge in [-0.3, -0.25) is 4.79 Å². The molecule has 0 saturated carbocycles. The molecule has 0 bridgehead atoms. The number of carbonyl (C=O) groups is 1. The number of amides is 1. The van der Waals surface area contributed by atoms with Crippen LogP contribution in [0.2, 0.25) is 5.02 Å². The largest absolute Gasteiger partial charge is 0.339 e. The van der Waals surface area contributed by atoms with Crippen LogP contribution in [0.5, 0.6) is 0 Å². The van der Waals surface area contributed by atoms with Gasteiger partial charge in [0.05, 0.1) is 6.54 Å². The normalized spacial score (nSPS) is 24.5. The van der Waals surface area contributed by atoms with Crippen LogP contribution in [0.15, 0.2) is 24.3 Å². The summed E-state index contributed by atoms with van der Waals surface area (Å²) in [6.45, 7) is 3.73. The molecule has 2 aliphatic rings. The first-order valence-electron chi connectivity index (χ1n) is 9.17. The molecule has 2 aliphatic heterocycles. The van der Waals surface area contributed by atoms with E-state index in [2.05, 4.69) is 0 Å². The van der Waals surface area contributed by atoms with Gasteiger partial charge in [-0.15, -0.1) is 0 Å². The van der Waals surface area contributed by atoms with Gasteiger partial charge in [-0.2, -0.15) is 17.0 Å². The number of benzene rings is 1. The van der Waals surface area contributed by atoms with Crippen LogP contribution in [-0.4, -0.2) is 60.1 Å². The molecule has 1 amide bonds. The Balaban J connectivity index is 1.70. The predicted molar refractivity (Wildman–Crippen MR) is 102 cm³/mol. The highest BCUT2D eigenvalue weighted by Crippen LogP contribution is 2.24. The van der Waals surface area contributed by atoms with E-state index in [1.54, 1.807) is 6.07 Å². The molecule has 1 aromatic rings. The molecule has 6 nitrogen and oxygen atoms in total. The zero-order chi connectivity index (χ0) is 18.7. The summed E-state index contributed by atoms with van der Waals surface area (Å²) in [7, 11) is -3.67. The number of nitrogens with zero attached hydrogens (tertiary/aromatic N) is 3. The summed E-state index contributed by atoms with van der Waals surface area (Å²) in [6, 6.07) is 7.44. The molecule has 1 aromatic carbocycles. The van der Waals surface area contributed by atoms with Crippen molar-refractivity contribution < 1.29 is 13.2 Å². The molecule has 8 heteroatoms. The fourth-order valence-corrected chi connectivity index (χ4v) is 5.48. The Hall–Kier alpha value is -1.15. The highest BCUT2D eigenvalue weighted by Gasteiger charge is 2.36. The van der Waals surface area contributed by atoms with Gasteiger partial charge in [0, 0.05) is 37.2 Å². The summed E-state index contributed by atoms with van der Waals surface area (Å²) >= 11 is 6.18. The van der Waals surface area contributed by atoms with Crippen molar-refractivity contribution in [3.05, 3.63) is 34.9 Å². The fourth-order valence-electron chi connectivity index (χ4n) is 3.67. The van der Waals surface area contributed by atoms with Crippen molar-refractivity contribution in [3.63, 3.8) is 0 Å². The zero-order valence-corrected chi connectivity index (χ0v) is 16.7. The Bertz CT molecular complexity index is 756. The minimum Gasteiger partial charge on any atom is -0.339 e. The standard InChI is InChI=1S/C18H26ClN3O3S/c1-15-7-4-5-12-22(15)18(23)14-21-11-6-10-20(26(21,24)25)13-16-8-2-3-9-17(16)19/h2-3,8-9,15H,4-7,10-14H2,1H3/t15-/m1/s1. The minimum absolute atomic E-state index is 0.0777. The molecule has 2 saturated heterocycles. The number of hydrogen-bond acceptors (Lipinski definition) is 3. The number of likely N-dealkylation sites (tertiary alicyclic amines) is 1. The van der Waals surface area contributed by atoms with Gasteiger partial charge in [0.1, 0.15) is 0 Å². The SMILES string of the molecule is C[C@@H]1CCCCN1C(=O)CN1CCCN(Cc2ccccc2Cl)S1(=O)=O. The summed E-state index contributed by atoms with van der Waals surface area (Å²) in [5.41, 5.74) is 0.774. The highest BCUT2D eigenvalue weighted by molar-refractivity contribution is 7.86. The van der Waals surface area contributed by atoms with Gasteiger partial charge in [-0.1, -0.05) is 29.8 Å². The van der Waals surface area contributed by atoms with E-state index in [0.717, 1.165) is 31.4 Å². The second-order valence-electron chi connectivity index (χ2n) is 7.05. The monoisotopic (exact) mass is 399 g/mol. The smallest absolute Gasteiger partial charge is 0.282 e. The lowest BCUT2D eigenvalue weighted by atomic mass is 10.0. The molecule has 144 valence electrons. The minimum atomic E-state index is -3.67. The number of piperidine rings is 1. The maximum absolute atomic E-state index is 13.0. The quantitative estimate of drug-likeness (QED) is 0.781. The molecule has 0 aliphatic carbocycles. The maximum Gasteiger partial charge on any atom is 0.282 e. The molecule has 0 unspecified atom stereocenters. The number of halogens is 1. The molecular formula is C18H26ClN3O3S. The Morgan fingerprint density at radius 3 is 2.58 bits per heavy atom. The summed E-state index contributed by atoms with van der Waals surface area (Å²) < 4.78 is 28.7. The van der Waals surface area contributed by atoms with Gasteiger partial charge in [0.2, 0.25) is 5.91 Å². The Morgan fingerprint density at radius 1 is 1.12 bits per heavy atom. The predicted octanol–water partition coefficient (Wildman–Crippen LogP) is 2.49. The number of hydrogen-bond donors (Lipinski definition) is 0. The van der Waals surface area contributed by atoms with E-state index in [9.17, 15) is 13.2 Å². The molecule has 0 radical (unpaired) electrons. The lowest BCUT2D eigenvalue weighted by Gasteiger charge is -2.38. The van der Waals surface area contributed by atoms with E-state index in [1.165, 1.54) is 8.61 Å². The van der Waals surface area contributed by atoms with Crippen LogP contribution in [-0.2, 0) is 21.5 Å². The molecule has 0 aromatic heterocycles. The molecule has 26 heavy (non-hydrogen) atoms. The van der Waals surface area contributed by atoms with Gasteiger partial charge >= 0.3 is 0 Å². The first kappa shape index (κ1) is 19.6. The average molecular weight is 400 g/mol. The molecule has 3 rings (SSSR count). The van der Waals surface area contributed by atoms with Crippen LogP contribution in [0.25, 0.3) is 0 Å². The van der Waals surface area contributed by atoms with Crippen LogP contribution < -0.4 is 0 Å². The van der Waals surface area contributed by atoms with Crippen LogP contribution >= 0.6 is 11.6 Å². The van der Waals surface area contributed by atoms with Gasteiger partial charge in [-0.05, 0) is 44.2 Å². The van der Waals surface area contributed by atoms with Crippen LogP contribution in [0.1, 0.15) is 38.2 Å². The topological polar surface area (TPSA) is 60.9 Å². The van der Waals surface area contributed by atoms with Crippen molar-refractivity contribution in [2.75, 3.05) is 26.2 Å². The van der Waals surface area contributed by atoms with E-state index in [-0.39, 0.29) is 25.0 Å². The lowest BCUT2D eigenvalue weighted by molar-refractivity contribution is -0.134. The molecule has 2 heterocycles. The van der Waals surface area contributed by atoms with Crippen molar-refractivity contribution in [2.45, 2.75) is 45.2 Å². The molecule has 2 fully saturated rings. The first-order chi connectivity index (χ1) is 12.4. The molecule has 0 N–H and O–H groups in total. The summed E-state index contributed by atoms with van der Waals surface area (Å²) in [5, 5.41) is 0.554. The number of carbonyl (C=O) groups excluding carboxylic acids is 1. The van der Waals surface area contributed by atoms with Crippen molar-refractivity contribution >= 4 is 27.7 Å². The van der Waals surface area contributed by atoms with Crippen molar-refractivity contribution in [2.24, 2.45) is 0 Å². The van der Waals surface area contributed by atoms with Crippen LogP contribution in [0, 0.1) is 0 Å². The van der Waals surface area contributed by atoms with E-state index in [4.69, 9.17) is 11.6 Å². The Labute approximate surface area is 160 Å². The summed E-state index contributed by atoms with van der Waals surface area (Å²) in [5.74, 6) is -0.0969. The third-order valence-electron chi connectivity index (χ3n) is 5.21. The van der Waals surface area contributed by atoms with Crippen LogP contribution in [0.3, 0.4) is 0 Å². The molecular weight excluding hydrogens is 374 g/mol.